The van der Waals surface area contributed by atoms with Crippen LogP contribution in [-0.2, 0) is 15.8 Å². The third-order valence-corrected chi connectivity index (χ3v) is 10.8. The molecule has 2 aliphatic heterocycles. The summed E-state index contributed by atoms with van der Waals surface area (Å²) in [5.74, 6) is -0.904. The Morgan fingerprint density at radius 3 is 2.22 bits per heavy atom. The molecule has 0 aromatic heterocycles. The molecule has 0 aliphatic carbocycles. The summed E-state index contributed by atoms with van der Waals surface area (Å²) in [6.45, 7) is 11.9. The van der Waals surface area contributed by atoms with Crippen molar-refractivity contribution in [3.05, 3.63) is 69.8 Å². The molecule has 0 radical (unpaired) electrons. The summed E-state index contributed by atoms with van der Waals surface area (Å²) in [5, 5.41) is 9.44. The van der Waals surface area contributed by atoms with Crippen molar-refractivity contribution in [2.45, 2.75) is 57.7 Å². The van der Waals surface area contributed by atoms with Crippen LogP contribution in [0, 0.1) is 0 Å². The lowest BCUT2D eigenvalue weighted by Crippen LogP contribution is -2.40. The van der Waals surface area contributed by atoms with Crippen molar-refractivity contribution >= 4 is 14.3 Å². The predicted molar refractivity (Wildman–Crippen MR) is 107 cm³/mol. The normalized spacial score (nSPS) is 20.5. The van der Waals surface area contributed by atoms with Crippen LogP contribution in [0.4, 0.5) is 0 Å². The van der Waals surface area contributed by atoms with E-state index in [4.69, 9.17) is 9.16 Å². The number of hydrogen-bond donors (Lipinski definition) is 1. The average Bonchev–Trinajstić information content (AvgIpc) is 3.15. The first-order chi connectivity index (χ1) is 12.6. The van der Waals surface area contributed by atoms with Gasteiger partial charge in [-0.3, -0.25) is 0 Å². The number of hydrogen-bond acceptors (Lipinski definition) is 3. The van der Waals surface area contributed by atoms with Gasteiger partial charge in [0.2, 0.25) is 0 Å². The molecule has 0 saturated heterocycles. The van der Waals surface area contributed by atoms with Gasteiger partial charge in [0.05, 0.1) is 12.2 Å². The lowest BCUT2D eigenvalue weighted by molar-refractivity contribution is 0.0696. The minimum Gasteiger partial charge on any atom is -0.478 e. The van der Waals surface area contributed by atoms with Crippen LogP contribution in [0.2, 0.25) is 18.1 Å². The van der Waals surface area contributed by atoms with Crippen LogP contribution >= 0.6 is 0 Å². The highest BCUT2D eigenvalue weighted by Crippen LogP contribution is 2.54. The lowest BCUT2D eigenvalue weighted by atomic mass is 9.84. The third-order valence-electron chi connectivity index (χ3n) is 6.29. The summed E-state index contributed by atoms with van der Waals surface area (Å²) >= 11 is 0. The van der Waals surface area contributed by atoms with E-state index in [0.717, 1.165) is 16.7 Å². The van der Waals surface area contributed by atoms with Crippen LogP contribution in [0.1, 0.15) is 71.2 Å². The highest BCUT2D eigenvalue weighted by atomic mass is 28.4. The van der Waals surface area contributed by atoms with E-state index in [2.05, 4.69) is 52.1 Å². The Bertz CT molecular complexity index is 926. The predicted octanol–water partition coefficient (Wildman–Crippen LogP) is 5.43. The number of benzene rings is 2. The highest BCUT2D eigenvalue weighted by molar-refractivity contribution is 6.74. The molecule has 2 aromatic carbocycles. The van der Waals surface area contributed by atoms with E-state index in [0.29, 0.717) is 12.2 Å². The molecule has 4 rings (SSSR count). The summed E-state index contributed by atoms with van der Waals surface area (Å²) in [4.78, 5) is 11.3. The number of carbonyl (C=O) groups is 1. The second-order valence-electron chi connectivity index (χ2n) is 9.06. The molecule has 2 aromatic rings. The molecule has 0 saturated carbocycles. The van der Waals surface area contributed by atoms with Gasteiger partial charge in [-0.15, -0.1) is 0 Å². The van der Waals surface area contributed by atoms with Gasteiger partial charge in [0.1, 0.15) is 12.2 Å². The highest BCUT2D eigenvalue weighted by Gasteiger charge is 2.43. The maximum atomic E-state index is 11.3. The zero-order valence-corrected chi connectivity index (χ0v) is 17.5. The maximum absolute atomic E-state index is 11.3. The van der Waals surface area contributed by atoms with Gasteiger partial charge in [-0.25, -0.2) is 4.79 Å². The smallest absolute Gasteiger partial charge is 0.335 e. The van der Waals surface area contributed by atoms with Gasteiger partial charge in [0.15, 0.2) is 8.32 Å². The zero-order valence-electron chi connectivity index (χ0n) is 16.5. The average molecular weight is 383 g/mol. The quantitative estimate of drug-likeness (QED) is 0.717. The third kappa shape index (κ3) is 2.94. The number of carboxylic acid groups (broad SMARTS) is 1. The van der Waals surface area contributed by atoms with Crippen LogP contribution in [0.3, 0.4) is 0 Å². The molecule has 2 aliphatic rings. The monoisotopic (exact) mass is 382 g/mol. The number of fused-ring (bicyclic) bond motifs is 8. The summed E-state index contributed by atoms with van der Waals surface area (Å²) in [5.41, 5.74) is 5.87. The fourth-order valence-electron chi connectivity index (χ4n) is 3.60. The minimum atomic E-state index is -1.79. The van der Waals surface area contributed by atoms with Crippen molar-refractivity contribution in [2.75, 3.05) is 0 Å². The van der Waals surface area contributed by atoms with Crippen molar-refractivity contribution in [2.24, 2.45) is 0 Å². The largest absolute Gasteiger partial charge is 0.478 e. The number of rotatable bonds is 4. The van der Waals surface area contributed by atoms with Gasteiger partial charge in [-0.05, 0) is 58.1 Å². The molecule has 2 heterocycles. The van der Waals surface area contributed by atoms with E-state index >= 15 is 0 Å². The van der Waals surface area contributed by atoms with Crippen LogP contribution < -0.4 is 0 Å². The first kappa shape index (κ1) is 18.4. The van der Waals surface area contributed by atoms with Crippen LogP contribution in [0.15, 0.2) is 36.4 Å². The number of carboxylic acids is 1. The van der Waals surface area contributed by atoms with E-state index in [1.165, 1.54) is 11.1 Å². The Hall–Kier alpha value is -1.95. The Balaban J connectivity index is 1.59. The molecular formula is C22H26O4Si. The number of ether oxygens (including phenoxy) is 1. The van der Waals surface area contributed by atoms with Gasteiger partial charge in [0, 0.05) is 0 Å². The zero-order chi connectivity index (χ0) is 19.6. The van der Waals surface area contributed by atoms with Crippen molar-refractivity contribution in [3.63, 3.8) is 0 Å². The molecular weight excluding hydrogens is 356 g/mol. The van der Waals surface area contributed by atoms with Crippen LogP contribution in [0.5, 0.6) is 0 Å². The molecule has 0 amide bonds. The molecule has 0 fully saturated rings. The minimum absolute atomic E-state index is 0.101. The molecule has 142 valence electrons. The topological polar surface area (TPSA) is 55.8 Å². The van der Waals surface area contributed by atoms with Crippen LogP contribution in [-0.4, -0.2) is 19.4 Å². The van der Waals surface area contributed by atoms with Crippen LogP contribution in [0.25, 0.3) is 0 Å². The maximum Gasteiger partial charge on any atom is 0.335 e. The molecule has 5 heteroatoms. The van der Waals surface area contributed by atoms with Crippen molar-refractivity contribution in [1.82, 2.24) is 0 Å². The number of aromatic carboxylic acids is 1. The SMILES string of the molecule is CC(C)(C)[Si](C)(C)OCc1ccc2c(c1)[C@@H]1O[C@H]2c2cc(C(=O)O)ccc21. The first-order valence-corrected chi connectivity index (χ1v) is 12.3. The molecule has 1 N–H and O–H groups in total. The van der Waals surface area contributed by atoms with E-state index in [-0.39, 0.29) is 17.2 Å². The molecule has 27 heavy (non-hydrogen) atoms. The Morgan fingerprint density at radius 2 is 1.63 bits per heavy atom. The standard InChI is InChI=1S/C22H26O4Si/c1-22(2,3)27(4,5)25-12-13-6-8-15-17(10-13)19-16-9-7-14(21(23)24)11-18(16)20(15)26-19/h6-11,19-20H,12H2,1-5H3,(H,23,24)/t19-,20-/m1/s1. The summed E-state index contributed by atoms with van der Waals surface area (Å²) in [7, 11) is -1.79. The molecule has 2 bridgehead atoms. The van der Waals surface area contributed by atoms with E-state index in [1.807, 2.05) is 6.07 Å². The molecule has 0 unspecified atom stereocenters. The van der Waals surface area contributed by atoms with Crippen molar-refractivity contribution < 1.29 is 19.1 Å². The van der Waals surface area contributed by atoms with E-state index < -0.39 is 14.3 Å². The molecule has 4 nitrogen and oxygen atoms in total. The van der Waals surface area contributed by atoms with Gasteiger partial charge < -0.3 is 14.3 Å². The first-order valence-electron chi connectivity index (χ1n) is 9.38. The van der Waals surface area contributed by atoms with Gasteiger partial charge in [-0.1, -0.05) is 45.0 Å². The second-order valence-corrected chi connectivity index (χ2v) is 13.9. The van der Waals surface area contributed by atoms with Crippen molar-refractivity contribution in [1.29, 1.82) is 0 Å². The van der Waals surface area contributed by atoms with E-state index in [1.54, 1.807) is 12.1 Å². The summed E-state index contributed by atoms with van der Waals surface area (Å²) in [6.07, 6.45) is -0.259. The van der Waals surface area contributed by atoms with Crippen molar-refractivity contribution in [3.8, 4) is 0 Å². The molecule has 0 spiro atoms. The Labute approximate surface area is 161 Å². The second kappa shape index (κ2) is 6.02. The fraction of sp³-hybridized carbons (Fsp3) is 0.409. The lowest BCUT2D eigenvalue weighted by Gasteiger charge is -2.36. The fourth-order valence-corrected chi connectivity index (χ4v) is 4.56. The van der Waals surface area contributed by atoms with Gasteiger partial charge in [-0.2, -0.15) is 0 Å². The summed E-state index contributed by atoms with van der Waals surface area (Å²) in [6, 6.07) is 11.7. The summed E-state index contributed by atoms with van der Waals surface area (Å²) < 4.78 is 12.5. The Morgan fingerprint density at radius 1 is 1.04 bits per heavy atom. The molecule has 2 atom stereocenters. The Kier molecular flexibility index (Phi) is 4.11. The van der Waals surface area contributed by atoms with Gasteiger partial charge >= 0.3 is 5.97 Å². The van der Waals surface area contributed by atoms with E-state index in [9.17, 15) is 9.90 Å². The van der Waals surface area contributed by atoms with Gasteiger partial charge in [0.25, 0.3) is 0 Å².